The number of ether oxygens (including phenoxy) is 1. The Morgan fingerprint density at radius 2 is 2.10 bits per heavy atom. The van der Waals surface area contributed by atoms with E-state index in [1.165, 1.54) is 11.1 Å². The van der Waals surface area contributed by atoms with E-state index in [-0.39, 0.29) is 6.09 Å². The molecule has 1 aromatic rings. The van der Waals surface area contributed by atoms with Crippen LogP contribution in [0.2, 0.25) is 0 Å². The monoisotopic (exact) mass is 351 g/mol. The van der Waals surface area contributed by atoms with Crippen molar-refractivity contribution < 1.29 is 9.53 Å². The molecule has 0 spiro atoms. The van der Waals surface area contributed by atoms with Gasteiger partial charge >= 0.3 is 6.09 Å². The third-order valence-electron chi connectivity index (χ3n) is 4.39. The van der Waals surface area contributed by atoms with Gasteiger partial charge in [0.25, 0.3) is 0 Å². The summed E-state index contributed by atoms with van der Waals surface area (Å²) in [5, 5.41) is 0. The minimum absolute atomic E-state index is 0.157. The highest BCUT2D eigenvalue weighted by atomic mass is 79.9. The van der Waals surface area contributed by atoms with Gasteiger partial charge < -0.3 is 9.64 Å². The number of amides is 1. The fourth-order valence-electron chi connectivity index (χ4n) is 3.58. The van der Waals surface area contributed by atoms with Crippen LogP contribution >= 0.6 is 15.9 Å². The lowest BCUT2D eigenvalue weighted by Gasteiger charge is -2.34. The number of carbonyl (C=O) groups excluding carboxylic acids is 1. The quantitative estimate of drug-likeness (QED) is 0.689. The van der Waals surface area contributed by atoms with Crippen LogP contribution in [0.4, 0.5) is 4.79 Å². The zero-order valence-electron chi connectivity index (χ0n) is 12.9. The molecule has 1 aliphatic heterocycles. The summed E-state index contributed by atoms with van der Waals surface area (Å²) >= 11 is 3.55. The first-order valence-corrected chi connectivity index (χ1v) is 8.42. The number of carbonyl (C=O) groups is 1. The maximum atomic E-state index is 12.4. The summed E-state index contributed by atoms with van der Waals surface area (Å²) in [6.45, 7) is 6.57. The molecule has 114 valence electrons. The van der Waals surface area contributed by atoms with Crippen molar-refractivity contribution in [1.29, 1.82) is 0 Å². The Balaban J connectivity index is 1.80. The Morgan fingerprint density at radius 1 is 1.33 bits per heavy atom. The normalized spacial score (nSPS) is 24.5. The van der Waals surface area contributed by atoms with Crippen LogP contribution in [0.5, 0.6) is 0 Å². The van der Waals surface area contributed by atoms with E-state index in [1.54, 1.807) is 0 Å². The number of halogens is 1. The van der Waals surface area contributed by atoms with Crippen LogP contribution in [0.1, 0.15) is 50.7 Å². The van der Waals surface area contributed by atoms with Crippen LogP contribution < -0.4 is 0 Å². The lowest BCUT2D eigenvalue weighted by atomic mass is 9.80. The average Bonchev–Trinajstić information content (AvgIpc) is 2.80. The van der Waals surface area contributed by atoms with Gasteiger partial charge in [0, 0.05) is 23.0 Å². The van der Waals surface area contributed by atoms with Gasteiger partial charge in [-0.05, 0) is 63.3 Å². The van der Waals surface area contributed by atoms with Gasteiger partial charge in [0.1, 0.15) is 5.60 Å². The van der Waals surface area contributed by atoms with Gasteiger partial charge in [0.15, 0.2) is 0 Å². The van der Waals surface area contributed by atoms with Crippen molar-refractivity contribution in [1.82, 2.24) is 4.90 Å². The number of aryl methyl sites for hydroxylation is 1. The molecule has 1 saturated heterocycles. The zero-order valence-corrected chi connectivity index (χ0v) is 14.4. The number of likely N-dealkylation sites (tertiary alicyclic amines) is 1. The van der Waals surface area contributed by atoms with Gasteiger partial charge in [-0.25, -0.2) is 4.79 Å². The smallest absolute Gasteiger partial charge is 0.410 e. The fourth-order valence-corrected chi connectivity index (χ4v) is 3.99. The number of benzene rings is 1. The molecule has 1 aromatic carbocycles. The predicted octanol–water partition coefficient (Wildman–Crippen LogP) is 4.49. The molecule has 1 heterocycles. The molecule has 3 nitrogen and oxygen atoms in total. The van der Waals surface area contributed by atoms with Gasteiger partial charge in [-0.2, -0.15) is 0 Å². The maximum Gasteiger partial charge on any atom is 0.410 e. The van der Waals surface area contributed by atoms with E-state index in [2.05, 4.69) is 34.1 Å². The molecule has 2 unspecified atom stereocenters. The summed E-state index contributed by atoms with van der Waals surface area (Å²) in [6.07, 6.45) is 2.96. The summed E-state index contributed by atoms with van der Waals surface area (Å²) in [5.41, 5.74) is 2.42. The Labute approximate surface area is 134 Å². The van der Waals surface area contributed by atoms with Crippen molar-refractivity contribution in [2.24, 2.45) is 0 Å². The first-order chi connectivity index (χ1) is 9.85. The fraction of sp³-hybridized carbons (Fsp3) is 0.588. The lowest BCUT2D eigenvalue weighted by molar-refractivity contribution is 0.0210. The second-order valence-corrected chi connectivity index (χ2v) is 7.93. The molecule has 0 N–H and O–H groups in total. The van der Waals surface area contributed by atoms with Crippen molar-refractivity contribution in [2.45, 2.75) is 57.6 Å². The van der Waals surface area contributed by atoms with E-state index in [1.807, 2.05) is 25.7 Å². The Kier molecular flexibility index (Phi) is 3.76. The van der Waals surface area contributed by atoms with Gasteiger partial charge in [0.2, 0.25) is 0 Å². The van der Waals surface area contributed by atoms with Crippen LogP contribution in [-0.4, -0.2) is 29.2 Å². The van der Waals surface area contributed by atoms with Crippen molar-refractivity contribution in [2.75, 3.05) is 6.54 Å². The standard InChI is InChI=1S/C17H22BrNO2/c1-17(2,3)21-16(20)19-9-8-14-13-6-5-12(18)10-11(13)4-7-15(14)19/h5-6,10,14-15H,4,7-9H2,1-3H3. The highest BCUT2D eigenvalue weighted by Gasteiger charge is 2.42. The SMILES string of the molecule is CC(C)(C)OC(=O)N1CCC2c3ccc(Br)cc3CCC21. The third-order valence-corrected chi connectivity index (χ3v) is 4.88. The van der Waals surface area contributed by atoms with Crippen LogP contribution in [0, 0.1) is 0 Å². The summed E-state index contributed by atoms with van der Waals surface area (Å²) in [7, 11) is 0. The first kappa shape index (κ1) is 14.9. The Morgan fingerprint density at radius 3 is 2.81 bits per heavy atom. The number of hydrogen-bond acceptors (Lipinski definition) is 2. The largest absolute Gasteiger partial charge is 0.444 e. The van der Waals surface area contributed by atoms with E-state index in [0.717, 1.165) is 30.3 Å². The van der Waals surface area contributed by atoms with Gasteiger partial charge in [-0.1, -0.05) is 22.0 Å². The van der Waals surface area contributed by atoms with Crippen molar-refractivity contribution in [3.8, 4) is 0 Å². The van der Waals surface area contributed by atoms with Crippen molar-refractivity contribution >= 4 is 22.0 Å². The molecule has 4 heteroatoms. The average molecular weight is 352 g/mol. The summed E-state index contributed by atoms with van der Waals surface area (Å²) in [4.78, 5) is 14.3. The molecule has 1 fully saturated rings. The van der Waals surface area contributed by atoms with Gasteiger partial charge in [0.05, 0.1) is 0 Å². The molecule has 0 radical (unpaired) electrons. The second kappa shape index (κ2) is 5.31. The molecule has 0 saturated carbocycles. The van der Waals surface area contributed by atoms with Crippen LogP contribution in [0.3, 0.4) is 0 Å². The molecule has 1 aliphatic carbocycles. The molecule has 2 atom stereocenters. The van der Waals surface area contributed by atoms with Crippen LogP contribution in [0.25, 0.3) is 0 Å². The Hall–Kier alpha value is -1.03. The highest BCUT2D eigenvalue weighted by Crippen LogP contribution is 2.42. The minimum Gasteiger partial charge on any atom is -0.444 e. The number of rotatable bonds is 0. The molecule has 0 bridgehead atoms. The van der Waals surface area contributed by atoms with Gasteiger partial charge in [-0.3, -0.25) is 0 Å². The van der Waals surface area contributed by atoms with Crippen LogP contribution in [-0.2, 0) is 11.2 Å². The zero-order chi connectivity index (χ0) is 15.2. The number of nitrogens with zero attached hydrogens (tertiary/aromatic N) is 1. The summed E-state index contributed by atoms with van der Waals surface area (Å²) in [5.74, 6) is 0.467. The molecule has 0 aromatic heterocycles. The molecular weight excluding hydrogens is 330 g/mol. The van der Waals surface area contributed by atoms with E-state index in [9.17, 15) is 4.79 Å². The van der Waals surface area contributed by atoms with E-state index >= 15 is 0 Å². The molecule has 21 heavy (non-hydrogen) atoms. The van der Waals surface area contributed by atoms with E-state index < -0.39 is 5.60 Å². The van der Waals surface area contributed by atoms with Gasteiger partial charge in [-0.15, -0.1) is 0 Å². The number of hydrogen-bond donors (Lipinski definition) is 0. The lowest BCUT2D eigenvalue weighted by Crippen LogP contribution is -2.42. The predicted molar refractivity (Wildman–Crippen MR) is 86.5 cm³/mol. The third kappa shape index (κ3) is 2.96. The highest BCUT2D eigenvalue weighted by molar-refractivity contribution is 9.10. The Bertz CT molecular complexity index is 564. The minimum atomic E-state index is -0.424. The van der Waals surface area contributed by atoms with E-state index in [4.69, 9.17) is 4.74 Å². The molecule has 3 rings (SSSR count). The van der Waals surface area contributed by atoms with Crippen LogP contribution in [0.15, 0.2) is 22.7 Å². The molecule has 1 amide bonds. The summed E-state index contributed by atoms with van der Waals surface area (Å²) in [6, 6.07) is 6.85. The topological polar surface area (TPSA) is 29.5 Å². The second-order valence-electron chi connectivity index (χ2n) is 7.02. The number of fused-ring (bicyclic) bond motifs is 3. The van der Waals surface area contributed by atoms with Crippen molar-refractivity contribution in [3.05, 3.63) is 33.8 Å². The molecular formula is C17H22BrNO2. The molecule has 2 aliphatic rings. The summed E-state index contributed by atoms with van der Waals surface area (Å²) < 4.78 is 6.70. The van der Waals surface area contributed by atoms with Crippen molar-refractivity contribution in [3.63, 3.8) is 0 Å². The van der Waals surface area contributed by atoms with E-state index in [0.29, 0.717) is 12.0 Å². The first-order valence-electron chi connectivity index (χ1n) is 7.63. The maximum absolute atomic E-state index is 12.4.